The van der Waals surface area contributed by atoms with Crippen LogP contribution in [0.4, 0.5) is 11.4 Å². The molecule has 8 rings (SSSR count). The van der Waals surface area contributed by atoms with Gasteiger partial charge in [-0.1, -0.05) is 48.6 Å². The monoisotopic (exact) mass is 600 g/mol. The summed E-state index contributed by atoms with van der Waals surface area (Å²) in [5.74, 6) is 0. The molecule has 0 unspecified atom stereocenters. The summed E-state index contributed by atoms with van der Waals surface area (Å²) >= 11 is 0. The van der Waals surface area contributed by atoms with Gasteiger partial charge in [-0.15, -0.1) is 0 Å². The third kappa shape index (κ3) is 5.67. The van der Waals surface area contributed by atoms with E-state index in [1.807, 2.05) is 24.3 Å². The third-order valence-electron chi connectivity index (χ3n) is 10.0. The van der Waals surface area contributed by atoms with Crippen molar-refractivity contribution < 1.29 is 0 Å². The SMILES string of the molecule is N#Cc1cc(/C=C/C=C/c2cc3c4c(c2)CCCN4CCC3)nc2ccc(/C=C/C=C/c3cc4c5c(c3)CCCN5CCC4)cc12. The van der Waals surface area contributed by atoms with Gasteiger partial charge >= 0.3 is 0 Å². The maximum Gasteiger partial charge on any atom is 0.0999 e. The first kappa shape index (κ1) is 28.6. The van der Waals surface area contributed by atoms with E-state index in [4.69, 9.17) is 4.98 Å². The highest BCUT2D eigenvalue weighted by molar-refractivity contribution is 5.88. The molecular weight excluding hydrogens is 560 g/mol. The van der Waals surface area contributed by atoms with Gasteiger partial charge in [-0.05, 0) is 139 Å². The molecule has 3 aromatic carbocycles. The molecule has 1 aromatic heterocycles. The highest BCUT2D eigenvalue weighted by atomic mass is 15.1. The van der Waals surface area contributed by atoms with Crippen LogP contribution in [0.15, 0.2) is 72.8 Å². The van der Waals surface area contributed by atoms with E-state index in [0.29, 0.717) is 5.56 Å². The lowest BCUT2D eigenvalue weighted by atomic mass is 9.90. The van der Waals surface area contributed by atoms with Gasteiger partial charge in [0, 0.05) is 42.9 Å². The Balaban J connectivity index is 0.966. The minimum absolute atomic E-state index is 0.648. The van der Waals surface area contributed by atoms with Crippen molar-refractivity contribution in [1.82, 2.24) is 4.98 Å². The van der Waals surface area contributed by atoms with Crippen molar-refractivity contribution in [2.75, 3.05) is 36.0 Å². The largest absolute Gasteiger partial charge is 0.371 e. The Morgan fingerprint density at radius 2 is 1.04 bits per heavy atom. The van der Waals surface area contributed by atoms with E-state index in [1.54, 1.807) is 0 Å². The van der Waals surface area contributed by atoms with Crippen molar-refractivity contribution >= 4 is 46.6 Å². The number of aromatic nitrogens is 1. The Labute approximate surface area is 272 Å². The molecule has 0 aliphatic carbocycles. The molecule has 0 bridgehead atoms. The minimum atomic E-state index is 0.648. The predicted octanol–water partition coefficient (Wildman–Crippen LogP) is 8.96. The number of anilines is 2. The van der Waals surface area contributed by atoms with Gasteiger partial charge in [0.05, 0.1) is 22.8 Å². The topological polar surface area (TPSA) is 43.2 Å². The van der Waals surface area contributed by atoms with Gasteiger partial charge in [0.2, 0.25) is 0 Å². The fourth-order valence-corrected chi connectivity index (χ4v) is 8.05. The summed E-state index contributed by atoms with van der Waals surface area (Å²) in [6, 6.07) is 19.9. The molecule has 4 nitrogen and oxygen atoms in total. The second-order valence-corrected chi connectivity index (χ2v) is 13.2. The Kier molecular flexibility index (Phi) is 7.76. The van der Waals surface area contributed by atoms with Crippen LogP contribution in [0, 0.1) is 11.3 Å². The second kappa shape index (κ2) is 12.5. The molecule has 46 heavy (non-hydrogen) atoms. The molecule has 4 aromatic rings. The molecule has 0 saturated carbocycles. The number of nitrogens with zero attached hydrogens (tertiary/aromatic N) is 4. The van der Waals surface area contributed by atoms with Gasteiger partial charge in [-0.25, -0.2) is 4.98 Å². The molecule has 0 amide bonds. The summed E-state index contributed by atoms with van der Waals surface area (Å²) in [6.45, 7) is 4.81. The Morgan fingerprint density at radius 3 is 1.54 bits per heavy atom. The fraction of sp³-hybridized carbons (Fsp3) is 0.286. The molecule has 228 valence electrons. The van der Waals surface area contributed by atoms with Crippen LogP contribution in [0.5, 0.6) is 0 Å². The Morgan fingerprint density at radius 1 is 0.565 bits per heavy atom. The normalized spacial score (nSPS) is 17.4. The number of hydrogen-bond acceptors (Lipinski definition) is 4. The quantitative estimate of drug-likeness (QED) is 0.207. The van der Waals surface area contributed by atoms with Gasteiger partial charge in [-0.3, -0.25) is 0 Å². The van der Waals surface area contributed by atoms with E-state index < -0.39 is 0 Å². The van der Waals surface area contributed by atoms with E-state index in [9.17, 15) is 5.26 Å². The number of benzene rings is 3. The van der Waals surface area contributed by atoms with Crippen LogP contribution in [0.25, 0.3) is 35.2 Å². The number of aryl methyl sites for hydroxylation is 4. The lowest BCUT2D eigenvalue weighted by molar-refractivity contribution is 0.634. The summed E-state index contributed by atoms with van der Waals surface area (Å²) < 4.78 is 0. The number of pyridine rings is 1. The van der Waals surface area contributed by atoms with Gasteiger partial charge in [0.1, 0.15) is 0 Å². The molecule has 0 spiro atoms. The maximum absolute atomic E-state index is 9.98. The summed E-state index contributed by atoms with van der Waals surface area (Å²) in [4.78, 5) is 10.0. The van der Waals surface area contributed by atoms with E-state index >= 15 is 0 Å². The second-order valence-electron chi connectivity index (χ2n) is 13.2. The first-order chi connectivity index (χ1) is 22.7. The predicted molar refractivity (Wildman–Crippen MR) is 193 cm³/mol. The van der Waals surface area contributed by atoms with Crippen LogP contribution >= 0.6 is 0 Å². The number of nitriles is 1. The standard InChI is InChI=1S/C42H40N4/c43-29-37-28-38(16-4-3-11-32-25-35-14-7-21-46-22-8-15-36(26-32)42(35)46)44-40-18-17-30(27-39(37)40)9-1-2-10-31-23-33-12-5-19-45-20-6-13-34(24-31)41(33)45/h1-4,9-11,16-18,23-28H,5-8,12-15,19-22H2/b9-1+,10-2+,11-3+,16-4+. The van der Waals surface area contributed by atoms with Crippen LogP contribution in [-0.2, 0) is 25.7 Å². The molecular formula is C42H40N4. The smallest absolute Gasteiger partial charge is 0.0999 e. The molecule has 0 atom stereocenters. The van der Waals surface area contributed by atoms with Crippen LogP contribution in [-0.4, -0.2) is 31.2 Å². The zero-order chi connectivity index (χ0) is 30.9. The molecule has 0 radical (unpaired) electrons. The third-order valence-corrected chi connectivity index (χ3v) is 10.0. The van der Waals surface area contributed by atoms with Crippen LogP contribution in [0.3, 0.4) is 0 Å². The first-order valence-electron chi connectivity index (χ1n) is 17.1. The minimum Gasteiger partial charge on any atom is -0.371 e. The van der Waals surface area contributed by atoms with Crippen molar-refractivity contribution in [3.05, 3.63) is 123 Å². The van der Waals surface area contributed by atoms with E-state index in [0.717, 1.165) is 22.2 Å². The summed E-state index contributed by atoms with van der Waals surface area (Å²) in [6.07, 6.45) is 26.6. The molecule has 4 aliphatic heterocycles. The van der Waals surface area contributed by atoms with Gasteiger partial charge in [-0.2, -0.15) is 5.26 Å². The van der Waals surface area contributed by atoms with Crippen LogP contribution in [0.2, 0.25) is 0 Å². The van der Waals surface area contributed by atoms with Crippen LogP contribution in [0.1, 0.15) is 75.9 Å². The first-order valence-corrected chi connectivity index (χ1v) is 17.1. The zero-order valence-electron chi connectivity index (χ0n) is 26.5. The fourth-order valence-electron chi connectivity index (χ4n) is 8.05. The Hall–Kier alpha value is -4.88. The number of fused-ring (bicyclic) bond motifs is 1. The molecule has 0 fully saturated rings. The van der Waals surface area contributed by atoms with E-state index in [1.165, 1.54) is 122 Å². The number of rotatable bonds is 6. The Bertz CT molecular complexity index is 1920. The average Bonchev–Trinajstić information content (AvgIpc) is 3.09. The lowest BCUT2D eigenvalue weighted by Crippen LogP contribution is -2.34. The van der Waals surface area contributed by atoms with Crippen molar-refractivity contribution in [2.24, 2.45) is 0 Å². The zero-order valence-corrected chi connectivity index (χ0v) is 26.5. The highest BCUT2D eigenvalue weighted by Gasteiger charge is 2.25. The molecule has 0 saturated heterocycles. The lowest BCUT2D eigenvalue weighted by Gasteiger charge is -2.37. The molecule has 0 N–H and O–H groups in total. The van der Waals surface area contributed by atoms with Gasteiger partial charge in [0.25, 0.3) is 0 Å². The summed E-state index contributed by atoms with van der Waals surface area (Å²) in [5, 5.41) is 10.9. The maximum atomic E-state index is 9.98. The molecule has 5 heterocycles. The van der Waals surface area contributed by atoms with Crippen molar-refractivity contribution in [3.8, 4) is 6.07 Å². The summed E-state index contributed by atoms with van der Waals surface area (Å²) in [5.41, 5.74) is 15.0. The molecule has 4 aliphatic rings. The number of allylic oxidation sites excluding steroid dienone is 4. The van der Waals surface area contributed by atoms with Gasteiger partial charge < -0.3 is 9.80 Å². The van der Waals surface area contributed by atoms with E-state index in [-0.39, 0.29) is 0 Å². The highest BCUT2D eigenvalue weighted by Crippen LogP contribution is 2.37. The molecule has 4 heteroatoms. The van der Waals surface area contributed by atoms with Crippen LogP contribution < -0.4 is 9.80 Å². The number of hydrogen-bond donors (Lipinski definition) is 0. The average molecular weight is 601 g/mol. The van der Waals surface area contributed by atoms with Crippen molar-refractivity contribution in [3.63, 3.8) is 0 Å². The van der Waals surface area contributed by atoms with E-state index in [2.05, 4.69) is 88.7 Å². The van der Waals surface area contributed by atoms with Crippen molar-refractivity contribution in [2.45, 2.75) is 51.4 Å². The van der Waals surface area contributed by atoms with Gasteiger partial charge in [0.15, 0.2) is 0 Å². The summed E-state index contributed by atoms with van der Waals surface area (Å²) in [7, 11) is 0. The van der Waals surface area contributed by atoms with Crippen molar-refractivity contribution in [1.29, 1.82) is 5.26 Å².